The molecule has 2 atom stereocenters. The summed E-state index contributed by atoms with van der Waals surface area (Å²) in [7, 11) is 0. The third-order valence-corrected chi connectivity index (χ3v) is 5.08. The van der Waals surface area contributed by atoms with Gasteiger partial charge in [0, 0.05) is 31.8 Å². The average Bonchev–Trinajstić information content (AvgIpc) is 2.94. The second-order valence-corrected chi connectivity index (χ2v) is 6.82. The summed E-state index contributed by atoms with van der Waals surface area (Å²) in [6.45, 7) is 2.99. The summed E-state index contributed by atoms with van der Waals surface area (Å²) in [4.78, 5) is 9.46. The smallest absolute Gasteiger partial charge is 0.160 e. The molecule has 5 nitrogen and oxygen atoms in total. The Bertz CT molecular complexity index is 642. The molecule has 2 aliphatic rings. The van der Waals surface area contributed by atoms with Crippen LogP contribution in [0.2, 0.25) is 0 Å². The van der Waals surface area contributed by atoms with E-state index in [1.807, 2.05) is 12.3 Å². The Hall–Kier alpha value is -1.46. The fraction of sp³-hybridized carbons (Fsp3) is 0.667. The van der Waals surface area contributed by atoms with Gasteiger partial charge in [-0.3, -0.25) is 0 Å². The van der Waals surface area contributed by atoms with E-state index in [2.05, 4.69) is 20.9 Å². The van der Waals surface area contributed by atoms with Crippen LogP contribution in [0.4, 0.5) is 0 Å². The number of nitrogens with one attached hydrogen (secondary N) is 1. The molecule has 1 N–H and O–H groups in total. The van der Waals surface area contributed by atoms with Gasteiger partial charge in [-0.25, -0.2) is 9.97 Å². The zero-order chi connectivity index (χ0) is 15.5. The maximum Gasteiger partial charge on any atom is 0.160 e. The summed E-state index contributed by atoms with van der Waals surface area (Å²) in [5.41, 5.74) is 2.03. The van der Waals surface area contributed by atoms with E-state index in [0.717, 1.165) is 49.5 Å². The molecule has 0 radical (unpaired) electrons. The lowest BCUT2D eigenvalue weighted by molar-refractivity contribution is 0.0151. The number of imidazole rings is 1. The molecule has 2 aliphatic heterocycles. The van der Waals surface area contributed by atoms with Crippen molar-refractivity contribution in [2.45, 2.75) is 63.6 Å². The summed E-state index contributed by atoms with van der Waals surface area (Å²) in [6, 6.07) is 4.58. The second kappa shape index (κ2) is 6.97. The standard InChI is InChI=1S/C18H26N4O/c1-3-9-19-14(6-1)13-22-17(12-15-7-2-4-11-23-15)21-16-8-5-10-20-18(16)22/h5,8,10,14-15,19H,1-4,6-7,9,11-13H2. The monoisotopic (exact) mass is 314 g/mol. The Balaban J connectivity index is 1.60. The van der Waals surface area contributed by atoms with Gasteiger partial charge in [0.25, 0.3) is 0 Å². The topological polar surface area (TPSA) is 52.0 Å². The van der Waals surface area contributed by atoms with Gasteiger partial charge in [-0.2, -0.15) is 0 Å². The predicted molar refractivity (Wildman–Crippen MR) is 90.5 cm³/mol. The minimum Gasteiger partial charge on any atom is -0.378 e. The minimum absolute atomic E-state index is 0.318. The Labute approximate surface area is 137 Å². The van der Waals surface area contributed by atoms with Gasteiger partial charge in [0.1, 0.15) is 11.3 Å². The van der Waals surface area contributed by atoms with Crippen LogP contribution in [0.15, 0.2) is 18.3 Å². The van der Waals surface area contributed by atoms with Crippen LogP contribution in [0.25, 0.3) is 11.2 Å². The van der Waals surface area contributed by atoms with Crippen LogP contribution in [0, 0.1) is 0 Å². The summed E-state index contributed by atoms with van der Waals surface area (Å²) in [5.74, 6) is 1.14. The lowest BCUT2D eigenvalue weighted by atomic mass is 10.0. The van der Waals surface area contributed by atoms with Crippen LogP contribution >= 0.6 is 0 Å². The van der Waals surface area contributed by atoms with Crippen molar-refractivity contribution < 1.29 is 4.74 Å². The number of hydrogen-bond acceptors (Lipinski definition) is 4. The fourth-order valence-corrected chi connectivity index (χ4v) is 3.83. The number of pyridine rings is 1. The van der Waals surface area contributed by atoms with Crippen molar-refractivity contribution in [3.63, 3.8) is 0 Å². The number of nitrogens with zero attached hydrogens (tertiary/aromatic N) is 3. The van der Waals surface area contributed by atoms with Crippen molar-refractivity contribution in [1.82, 2.24) is 19.9 Å². The van der Waals surface area contributed by atoms with Crippen molar-refractivity contribution in [3.05, 3.63) is 24.2 Å². The molecule has 5 heteroatoms. The molecule has 0 amide bonds. The van der Waals surface area contributed by atoms with Crippen molar-refractivity contribution in [3.8, 4) is 0 Å². The number of aromatic nitrogens is 3. The van der Waals surface area contributed by atoms with Gasteiger partial charge in [-0.15, -0.1) is 0 Å². The maximum absolute atomic E-state index is 5.93. The summed E-state index contributed by atoms with van der Waals surface area (Å²) in [5, 5.41) is 3.65. The van der Waals surface area contributed by atoms with E-state index in [1.54, 1.807) is 0 Å². The van der Waals surface area contributed by atoms with Crippen LogP contribution in [-0.4, -0.2) is 39.8 Å². The minimum atomic E-state index is 0.318. The van der Waals surface area contributed by atoms with Crippen LogP contribution in [0.3, 0.4) is 0 Å². The van der Waals surface area contributed by atoms with E-state index >= 15 is 0 Å². The summed E-state index contributed by atoms with van der Waals surface area (Å²) >= 11 is 0. The lowest BCUT2D eigenvalue weighted by Crippen LogP contribution is -2.38. The average molecular weight is 314 g/mol. The van der Waals surface area contributed by atoms with Crippen molar-refractivity contribution in [2.75, 3.05) is 13.2 Å². The summed E-state index contributed by atoms with van der Waals surface area (Å²) < 4.78 is 8.26. The van der Waals surface area contributed by atoms with Gasteiger partial charge in [0.2, 0.25) is 0 Å². The molecule has 2 aromatic heterocycles. The number of hydrogen-bond donors (Lipinski definition) is 1. The fourth-order valence-electron chi connectivity index (χ4n) is 3.83. The summed E-state index contributed by atoms with van der Waals surface area (Å²) in [6.07, 6.45) is 10.6. The number of piperidine rings is 1. The van der Waals surface area contributed by atoms with E-state index in [1.165, 1.54) is 32.1 Å². The van der Waals surface area contributed by atoms with Gasteiger partial charge in [-0.05, 0) is 50.8 Å². The third-order valence-electron chi connectivity index (χ3n) is 5.08. The number of rotatable bonds is 4. The molecule has 0 aliphatic carbocycles. The quantitative estimate of drug-likeness (QED) is 0.943. The van der Waals surface area contributed by atoms with Gasteiger partial charge in [-0.1, -0.05) is 6.42 Å². The largest absolute Gasteiger partial charge is 0.378 e. The Kier molecular flexibility index (Phi) is 4.57. The predicted octanol–water partition coefficient (Wildman–Crippen LogP) is 2.69. The molecular weight excluding hydrogens is 288 g/mol. The normalized spacial score (nSPS) is 25.7. The first-order valence-electron chi connectivity index (χ1n) is 9.05. The van der Waals surface area contributed by atoms with Gasteiger partial charge in [0.15, 0.2) is 5.65 Å². The van der Waals surface area contributed by atoms with Gasteiger partial charge < -0.3 is 14.6 Å². The van der Waals surface area contributed by atoms with Crippen LogP contribution in [0.5, 0.6) is 0 Å². The van der Waals surface area contributed by atoms with E-state index in [0.29, 0.717) is 12.1 Å². The van der Waals surface area contributed by atoms with Crippen LogP contribution in [0.1, 0.15) is 44.3 Å². The molecule has 4 heterocycles. The lowest BCUT2D eigenvalue weighted by Gasteiger charge is -2.26. The molecule has 0 saturated carbocycles. The molecule has 2 saturated heterocycles. The first-order chi connectivity index (χ1) is 11.4. The van der Waals surface area contributed by atoms with E-state index < -0.39 is 0 Å². The molecule has 2 fully saturated rings. The highest BCUT2D eigenvalue weighted by molar-refractivity contribution is 5.71. The molecule has 2 aromatic rings. The van der Waals surface area contributed by atoms with Crippen LogP contribution < -0.4 is 5.32 Å². The zero-order valence-corrected chi connectivity index (χ0v) is 13.7. The molecule has 0 bridgehead atoms. The Morgan fingerprint density at radius 1 is 1.22 bits per heavy atom. The van der Waals surface area contributed by atoms with Crippen LogP contribution in [-0.2, 0) is 17.7 Å². The highest BCUT2D eigenvalue weighted by Crippen LogP contribution is 2.21. The number of fused-ring (bicyclic) bond motifs is 1. The molecule has 0 aromatic carbocycles. The molecule has 124 valence electrons. The van der Waals surface area contributed by atoms with Crippen molar-refractivity contribution in [2.24, 2.45) is 0 Å². The van der Waals surface area contributed by atoms with Crippen molar-refractivity contribution >= 4 is 11.2 Å². The van der Waals surface area contributed by atoms with Crippen molar-refractivity contribution in [1.29, 1.82) is 0 Å². The zero-order valence-electron chi connectivity index (χ0n) is 13.7. The maximum atomic E-state index is 5.93. The SMILES string of the molecule is c1cnc2c(c1)nc(CC1CCCCO1)n2CC1CCCCN1. The molecule has 0 spiro atoms. The molecule has 2 unspecified atom stereocenters. The Morgan fingerprint density at radius 2 is 2.17 bits per heavy atom. The molecule has 23 heavy (non-hydrogen) atoms. The van der Waals surface area contributed by atoms with Gasteiger partial charge in [0.05, 0.1) is 6.10 Å². The number of ether oxygens (including phenoxy) is 1. The first-order valence-corrected chi connectivity index (χ1v) is 9.05. The highest BCUT2D eigenvalue weighted by atomic mass is 16.5. The molecular formula is C18H26N4O. The first kappa shape index (κ1) is 15.1. The van der Waals surface area contributed by atoms with Gasteiger partial charge >= 0.3 is 0 Å². The Morgan fingerprint density at radius 3 is 3.00 bits per heavy atom. The highest BCUT2D eigenvalue weighted by Gasteiger charge is 2.22. The third kappa shape index (κ3) is 3.40. The van der Waals surface area contributed by atoms with E-state index in [-0.39, 0.29) is 0 Å². The van der Waals surface area contributed by atoms with E-state index in [4.69, 9.17) is 9.72 Å². The molecule has 4 rings (SSSR count). The second-order valence-electron chi connectivity index (χ2n) is 6.82. The van der Waals surface area contributed by atoms with E-state index in [9.17, 15) is 0 Å².